The van der Waals surface area contributed by atoms with Crippen LogP contribution in [0.15, 0.2) is 36.9 Å². The molecule has 1 saturated heterocycles. The molecule has 2 N–H and O–H groups in total. The lowest BCUT2D eigenvalue weighted by Crippen LogP contribution is -2.55. The van der Waals surface area contributed by atoms with E-state index in [0.717, 1.165) is 11.1 Å². The molecule has 3 rings (SSSR count). The molecular weight excluding hydrogens is 294 g/mol. The Balaban J connectivity index is 1.62. The number of morpholine rings is 1. The van der Waals surface area contributed by atoms with Crippen LogP contribution in [0, 0.1) is 0 Å². The fourth-order valence-electron chi connectivity index (χ4n) is 2.69. The second-order valence-electron chi connectivity index (χ2n) is 5.59. The molecule has 2 heterocycles. The van der Waals surface area contributed by atoms with Crippen LogP contribution in [0.3, 0.4) is 0 Å². The van der Waals surface area contributed by atoms with Crippen LogP contribution in [0.4, 0.5) is 0 Å². The number of aromatic nitrogens is 3. The number of carbonyl (C=O) groups is 1. The number of nitrogens with one attached hydrogen (secondary N) is 2. The first kappa shape index (κ1) is 15.6. The van der Waals surface area contributed by atoms with E-state index in [-0.39, 0.29) is 18.1 Å². The van der Waals surface area contributed by atoms with Crippen LogP contribution < -0.4 is 10.6 Å². The summed E-state index contributed by atoms with van der Waals surface area (Å²) in [5, 5.41) is 10.3. The van der Waals surface area contributed by atoms with Gasteiger partial charge in [-0.2, -0.15) is 5.10 Å². The van der Waals surface area contributed by atoms with Crippen LogP contribution in [-0.4, -0.2) is 46.0 Å². The number of carbonyl (C=O) groups excluding carboxylic acids is 1. The zero-order valence-electron chi connectivity index (χ0n) is 13.1. The molecule has 7 nitrogen and oxygen atoms in total. The molecule has 1 aromatic heterocycles. The van der Waals surface area contributed by atoms with Crippen molar-refractivity contribution in [2.45, 2.75) is 32.2 Å². The van der Waals surface area contributed by atoms with Crippen molar-refractivity contribution >= 4 is 5.91 Å². The molecule has 0 radical (unpaired) electrons. The molecule has 0 bridgehead atoms. The van der Waals surface area contributed by atoms with Crippen molar-refractivity contribution in [1.82, 2.24) is 25.4 Å². The normalized spacial score (nSPS) is 21.1. The lowest BCUT2D eigenvalue weighted by Gasteiger charge is -2.29. The molecule has 23 heavy (non-hydrogen) atoms. The first-order valence-electron chi connectivity index (χ1n) is 7.76. The van der Waals surface area contributed by atoms with Crippen molar-refractivity contribution in [3.05, 3.63) is 48.0 Å². The van der Waals surface area contributed by atoms with Gasteiger partial charge in [-0.15, -0.1) is 0 Å². The fraction of sp³-hybridized carbons (Fsp3) is 0.438. The van der Waals surface area contributed by atoms with Crippen molar-refractivity contribution in [2.75, 3.05) is 13.2 Å². The lowest BCUT2D eigenvalue weighted by molar-refractivity contribution is -0.129. The molecule has 1 amide bonds. The Morgan fingerprint density at radius 1 is 1.43 bits per heavy atom. The average Bonchev–Trinajstić information content (AvgIpc) is 3.07. The predicted octanol–water partition coefficient (Wildman–Crippen LogP) is 0.320. The minimum absolute atomic E-state index is 0.0345. The number of amides is 1. The molecule has 0 saturated carbocycles. The van der Waals surface area contributed by atoms with Gasteiger partial charge in [0.2, 0.25) is 5.91 Å². The summed E-state index contributed by atoms with van der Waals surface area (Å²) in [6, 6.07) is 7.70. The number of nitrogens with zero attached hydrogens (tertiary/aromatic N) is 3. The van der Waals surface area contributed by atoms with Crippen molar-refractivity contribution in [2.24, 2.45) is 0 Å². The van der Waals surface area contributed by atoms with E-state index in [1.54, 1.807) is 11.0 Å². The Morgan fingerprint density at radius 3 is 3.00 bits per heavy atom. The largest absolute Gasteiger partial charge is 0.375 e. The van der Waals surface area contributed by atoms with Gasteiger partial charge in [-0.1, -0.05) is 24.3 Å². The molecule has 0 unspecified atom stereocenters. The molecule has 1 aliphatic rings. The van der Waals surface area contributed by atoms with Gasteiger partial charge in [-0.3, -0.25) is 4.79 Å². The summed E-state index contributed by atoms with van der Waals surface area (Å²) in [5.74, 6) is -0.0345. The third-order valence-electron chi connectivity index (χ3n) is 3.97. The molecule has 122 valence electrons. The minimum atomic E-state index is -0.300. The van der Waals surface area contributed by atoms with Crippen molar-refractivity contribution in [3.63, 3.8) is 0 Å². The van der Waals surface area contributed by atoms with Crippen LogP contribution in [0.1, 0.15) is 18.1 Å². The van der Waals surface area contributed by atoms with E-state index in [4.69, 9.17) is 4.74 Å². The minimum Gasteiger partial charge on any atom is -0.375 e. The first-order chi connectivity index (χ1) is 11.2. The standard InChI is InChI=1S/C16H21N5O2/c1-12-15(18-6-7-23-12)16(22)19-8-13-4-2-3-5-14(13)9-21-11-17-10-20-21/h2-5,10-12,15,18H,6-9H2,1H3,(H,19,22)/t12-,15+/m1/s1. The maximum atomic E-state index is 12.3. The summed E-state index contributed by atoms with van der Waals surface area (Å²) >= 11 is 0. The van der Waals surface area contributed by atoms with E-state index in [2.05, 4.69) is 20.7 Å². The molecule has 1 fully saturated rings. The van der Waals surface area contributed by atoms with Gasteiger partial charge >= 0.3 is 0 Å². The summed E-state index contributed by atoms with van der Waals surface area (Å²) in [6.07, 6.45) is 3.08. The zero-order valence-corrected chi connectivity index (χ0v) is 13.1. The molecule has 2 aromatic rings. The summed E-state index contributed by atoms with van der Waals surface area (Å²) in [7, 11) is 0. The molecule has 0 spiro atoms. The number of benzene rings is 1. The van der Waals surface area contributed by atoms with Crippen molar-refractivity contribution < 1.29 is 9.53 Å². The monoisotopic (exact) mass is 315 g/mol. The second-order valence-corrected chi connectivity index (χ2v) is 5.59. The second kappa shape index (κ2) is 7.34. The highest BCUT2D eigenvalue weighted by Crippen LogP contribution is 2.11. The van der Waals surface area contributed by atoms with Gasteiger partial charge in [-0.25, -0.2) is 9.67 Å². The predicted molar refractivity (Wildman–Crippen MR) is 84.6 cm³/mol. The van der Waals surface area contributed by atoms with Crippen LogP contribution in [0.2, 0.25) is 0 Å². The average molecular weight is 315 g/mol. The molecule has 2 atom stereocenters. The zero-order chi connectivity index (χ0) is 16.1. The van der Waals surface area contributed by atoms with Crippen LogP contribution in [-0.2, 0) is 22.6 Å². The van der Waals surface area contributed by atoms with Gasteiger partial charge in [0.15, 0.2) is 0 Å². The van der Waals surface area contributed by atoms with Gasteiger partial charge in [0, 0.05) is 13.1 Å². The maximum Gasteiger partial charge on any atom is 0.240 e. The van der Waals surface area contributed by atoms with E-state index in [1.165, 1.54) is 6.33 Å². The van der Waals surface area contributed by atoms with Gasteiger partial charge in [0.05, 0.1) is 19.3 Å². The summed E-state index contributed by atoms with van der Waals surface area (Å²) in [5.41, 5.74) is 2.18. The van der Waals surface area contributed by atoms with Crippen molar-refractivity contribution in [3.8, 4) is 0 Å². The Kier molecular flexibility index (Phi) is 4.99. The maximum absolute atomic E-state index is 12.3. The first-order valence-corrected chi connectivity index (χ1v) is 7.76. The third-order valence-corrected chi connectivity index (χ3v) is 3.97. The third kappa shape index (κ3) is 3.94. The van der Waals surface area contributed by atoms with Crippen LogP contribution >= 0.6 is 0 Å². The smallest absolute Gasteiger partial charge is 0.240 e. The van der Waals surface area contributed by atoms with Crippen LogP contribution in [0.25, 0.3) is 0 Å². The van der Waals surface area contributed by atoms with Gasteiger partial charge in [-0.05, 0) is 18.1 Å². The molecule has 1 aromatic carbocycles. The number of rotatable bonds is 5. The van der Waals surface area contributed by atoms with Gasteiger partial charge in [0.25, 0.3) is 0 Å². The van der Waals surface area contributed by atoms with Crippen LogP contribution in [0.5, 0.6) is 0 Å². The Bertz CT molecular complexity index is 644. The lowest BCUT2D eigenvalue weighted by atomic mass is 10.1. The fourth-order valence-corrected chi connectivity index (χ4v) is 2.69. The van der Waals surface area contributed by atoms with Gasteiger partial charge in [0.1, 0.15) is 18.7 Å². The highest BCUT2D eigenvalue weighted by Gasteiger charge is 2.27. The topological polar surface area (TPSA) is 81.1 Å². The number of ether oxygens (including phenoxy) is 1. The number of hydrogen-bond acceptors (Lipinski definition) is 5. The van der Waals surface area contributed by atoms with E-state index in [1.807, 2.05) is 31.2 Å². The summed E-state index contributed by atoms with van der Waals surface area (Å²) < 4.78 is 7.28. The highest BCUT2D eigenvalue weighted by molar-refractivity contribution is 5.82. The Hall–Kier alpha value is -2.25. The quantitative estimate of drug-likeness (QED) is 0.830. The summed E-state index contributed by atoms with van der Waals surface area (Å²) in [6.45, 7) is 4.37. The number of hydrogen-bond donors (Lipinski definition) is 2. The van der Waals surface area contributed by atoms with E-state index >= 15 is 0 Å². The van der Waals surface area contributed by atoms with E-state index < -0.39 is 0 Å². The van der Waals surface area contributed by atoms with E-state index in [0.29, 0.717) is 26.2 Å². The molecule has 7 heteroatoms. The molecule has 1 aliphatic heterocycles. The summed E-state index contributed by atoms with van der Waals surface area (Å²) in [4.78, 5) is 16.3. The highest BCUT2D eigenvalue weighted by atomic mass is 16.5. The Labute approximate surface area is 135 Å². The van der Waals surface area contributed by atoms with Crippen molar-refractivity contribution in [1.29, 1.82) is 0 Å². The van der Waals surface area contributed by atoms with Gasteiger partial charge < -0.3 is 15.4 Å². The molecular formula is C16H21N5O2. The SMILES string of the molecule is C[C@H]1OCCN[C@@H]1C(=O)NCc1ccccc1Cn1cncn1. The Morgan fingerprint density at radius 2 is 2.26 bits per heavy atom. The van der Waals surface area contributed by atoms with E-state index in [9.17, 15) is 4.79 Å². The molecule has 0 aliphatic carbocycles.